The molecule has 8 heteroatoms. The van der Waals surface area contributed by atoms with E-state index in [0.29, 0.717) is 17.5 Å². The number of thioether (sulfide) groups is 1. The van der Waals surface area contributed by atoms with Crippen LogP contribution in [0.3, 0.4) is 0 Å². The number of nitrogens with one attached hydrogen (secondary N) is 1. The molecule has 0 atom stereocenters. The number of amides is 1. The first-order valence-corrected chi connectivity index (χ1v) is 11.4. The normalized spacial score (nSPS) is 14.9. The van der Waals surface area contributed by atoms with Crippen LogP contribution in [0.2, 0.25) is 0 Å². The van der Waals surface area contributed by atoms with Crippen LogP contribution < -0.4 is 5.32 Å². The van der Waals surface area contributed by atoms with Crippen LogP contribution in [0.5, 0.6) is 0 Å². The van der Waals surface area contributed by atoms with E-state index >= 15 is 0 Å². The van der Waals surface area contributed by atoms with Gasteiger partial charge in [-0.1, -0.05) is 49.2 Å². The summed E-state index contributed by atoms with van der Waals surface area (Å²) in [6.45, 7) is 1.95. The lowest BCUT2D eigenvalue weighted by Crippen LogP contribution is -2.36. The van der Waals surface area contributed by atoms with Crippen LogP contribution in [-0.4, -0.2) is 31.7 Å². The molecule has 0 spiro atoms. The highest BCUT2D eigenvalue weighted by Crippen LogP contribution is 2.26. The van der Waals surface area contributed by atoms with Crippen molar-refractivity contribution >= 4 is 29.0 Å². The number of aromatic nitrogens is 4. The number of rotatable bonds is 6. The van der Waals surface area contributed by atoms with Gasteiger partial charge in [0.15, 0.2) is 5.16 Å². The Bertz CT molecular complexity index is 931. The van der Waals surface area contributed by atoms with Crippen molar-refractivity contribution in [2.75, 3.05) is 0 Å². The van der Waals surface area contributed by atoms with Gasteiger partial charge in [0.1, 0.15) is 16.5 Å². The molecule has 3 aromatic rings. The highest BCUT2D eigenvalue weighted by Gasteiger charge is 2.19. The number of benzene rings is 1. The van der Waals surface area contributed by atoms with Gasteiger partial charge >= 0.3 is 0 Å². The number of carbonyl (C=O) groups excluding carboxylic acids is 1. The highest BCUT2D eigenvalue weighted by atomic mass is 32.2. The number of carbonyl (C=O) groups is 1. The zero-order valence-corrected chi connectivity index (χ0v) is 17.4. The van der Waals surface area contributed by atoms with Gasteiger partial charge in [0.2, 0.25) is 0 Å². The van der Waals surface area contributed by atoms with Gasteiger partial charge in [-0.15, -0.1) is 21.5 Å². The van der Waals surface area contributed by atoms with E-state index in [1.165, 1.54) is 30.6 Å². The Morgan fingerprint density at radius 2 is 2.00 bits per heavy atom. The van der Waals surface area contributed by atoms with Crippen molar-refractivity contribution in [3.8, 4) is 5.69 Å². The summed E-state index contributed by atoms with van der Waals surface area (Å²) in [5, 5.41) is 15.2. The van der Waals surface area contributed by atoms with Gasteiger partial charge in [-0.05, 0) is 31.9 Å². The molecule has 1 fully saturated rings. The summed E-state index contributed by atoms with van der Waals surface area (Å²) < 4.78 is 2.04. The van der Waals surface area contributed by atoms with Crippen LogP contribution in [0, 0.1) is 6.92 Å². The Morgan fingerprint density at radius 3 is 2.79 bits per heavy atom. The lowest BCUT2D eigenvalue weighted by atomic mass is 9.95. The number of nitrogens with zero attached hydrogens (tertiary/aromatic N) is 4. The van der Waals surface area contributed by atoms with Crippen molar-refractivity contribution in [1.29, 1.82) is 0 Å². The number of thiazole rings is 1. The summed E-state index contributed by atoms with van der Waals surface area (Å²) in [5.41, 5.74) is 1.56. The van der Waals surface area contributed by atoms with E-state index in [4.69, 9.17) is 0 Å². The highest BCUT2D eigenvalue weighted by molar-refractivity contribution is 7.98. The Hall–Kier alpha value is -2.19. The summed E-state index contributed by atoms with van der Waals surface area (Å²) in [5.74, 6) is 1.45. The van der Waals surface area contributed by atoms with Gasteiger partial charge in [-0.25, -0.2) is 4.98 Å². The average molecular weight is 414 g/mol. The maximum Gasteiger partial charge on any atom is 0.270 e. The van der Waals surface area contributed by atoms with Gasteiger partial charge in [0, 0.05) is 17.1 Å². The zero-order valence-electron chi connectivity index (χ0n) is 15.8. The van der Waals surface area contributed by atoms with Crippen molar-refractivity contribution in [2.24, 2.45) is 0 Å². The predicted octanol–water partition coefficient (Wildman–Crippen LogP) is 4.39. The third kappa shape index (κ3) is 4.44. The minimum atomic E-state index is -0.0531. The Kier molecular flexibility index (Phi) is 6.07. The quantitative estimate of drug-likeness (QED) is 0.607. The summed E-state index contributed by atoms with van der Waals surface area (Å²) in [4.78, 5) is 17.0. The van der Waals surface area contributed by atoms with Crippen LogP contribution in [0.4, 0.5) is 0 Å². The third-order valence-corrected chi connectivity index (χ3v) is 6.83. The fourth-order valence-electron chi connectivity index (χ4n) is 3.42. The molecule has 4 rings (SSSR count). The van der Waals surface area contributed by atoms with Gasteiger partial charge in [0.05, 0.1) is 5.75 Å². The molecule has 1 aliphatic rings. The molecule has 2 heterocycles. The zero-order chi connectivity index (χ0) is 19.3. The average Bonchev–Trinajstić information content (AvgIpc) is 3.34. The molecule has 0 saturated heterocycles. The van der Waals surface area contributed by atoms with E-state index in [9.17, 15) is 4.79 Å². The molecule has 1 amide bonds. The molecule has 0 unspecified atom stereocenters. The van der Waals surface area contributed by atoms with Crippen molar-refractivity contribution in [1.82, 2.24) is 25.1 Å². The largest absolute Gasteiger partial charge is 0.348 e. The number of hydrogen-bond acceptors (Lipinski definition) is 6. The van der Waals surface area contributed by atoms with Crippen molar-refractivity contribution in [3.05, 3.63) is 52.2 Å². The standard InChI is InChI=1S/C20H23N5OS2/c1-14-23-24-20(25(14)16-10-6-3-7-11-16)28-13-18-22-17(12-27-18)19(26)21-15-8-4-2-5-9-15/h3,6-7,10-12,15H,2,4-5,8-9,13H2,1H3,(H,21,26). The number of aryl methyl sites for hydroxylation is 1. The fourth-order valence-corrected chi connectivity index (χ4v) is 5.21. The summed E-state index contributed by atoms with van der Waals surface area (Å²) in [7, 11) is 0. The fraction of sp³-hybridized carbons (Fsp3) is 0.400. The lowest BCUT2D eigenvalue weighted by Gasteiger charge is -2.22. The lowest BCUT2D eigenvalue weighted by molar-refractivity contribution is 0.0923. The van der Waals surface area contributed by atoms with Gasteiger partial charge in [-0.3, -0.25) is 9.36 Å². The molecule has 0 radical (unpaired) electrons. The molecule has 6 nitrogen and oxygen atoms in total. The monoisotopic (exact) mass is 413 g/mol. The smallest absolute Gasteiger partial charge is 0.270 e. The Morgan fingerprint density at radius 1 is 1.21 bits per heavy atom. The SMILES string of the molecule is Cc1nnc(SCc2nc(C(=O)NC3CCCCC3)cs2)n1-c1ccccc1. The number of hydrogen-bond donors (Lipinski definition) is 1. The third-order valence-electron chi connectivity index (χ3n) is 4.86. The van der Waals surface area contributed by atoms with Gasteiger partial charge < -0.3 is 5.32 Å². The first-order chi connectivity index (χ1) is 13.7. The first kappa shape index (κ1) is 19.1. The molecule has 1 aliphatic carbocycles. The van der Waals surface area contributed by atoms with E-state index in [0.717, 1.165) is 34.5 Å². The van der Waals surface area contributed by atoms with Crippen LogP contribution in [-0.2, 0) is 5.75 Å². The molecule has 2 aromatic heterocycles. The maximum atomic E-state index is 12.4. The van der Waals surface area contributed by atoms with E-state index in [1.54, 1.807) is 11.8 Å². The maximum absolute atomic E-state index is 12.4. The van der Waals surface area contributed by atoms with Crippen LogP contribution in [0.1, 0.15) is 53.4 Å². The van der Waals surface area contributed by atoms with Gasteiger partial charge in [-0.2, -0.15) is 0 Å². The molecule has 0 bridgehead atoms. The van der Waals surface area contributed by atoms with Crippen LogP contribution in [0.25, 0.3) is 5.69 Å². The first-order valence-electron chi connectivity index (χ1n) is 9.56. The minimum Gasteiger partial charge on any atom is -0.348 e. The number of para-hydroxylation sites is 1. The van der Waals surface area contributed by atoms with E-state index < -0.39 is 0 Å². The van der Waals surface area contributed by atoms with E-state index in [-0.39, 0.29) is 5.91 Å². The Labute approximate surface area is 172 Å². The molecular weight excluding hydrogens is 390 g/mol. The molecule has 146 valence electrons. The summed E-state index contributed by atoms with van der Waals surface area (Å²) in [6.07, 6.45) is 5.83. The second-order valence-electron chi connectivity index (χ2n) is 6.92. The van der Waals surface area contributed by atoms with E-state index in [1.807, 2.05) is 47.2 Å². The topological polar surface area (TPSA) is 72.7 Å². The second kappa shape index (κ2) is 8.87. The van der Waals surface area contributed by atoms with Crippen LogP contribution in [0.15, 0.2) is 40.9 Å². The molecule has 28 heavy (non-hydrogen) atoms. The molecule has 1 saturated carbocycles. The molecule has 1 N–H and O–H groups in total. The van der Waals surface area contributed by atoms with Crippen molar-refractivity contribution < 1.29 is 4.79 Å². The predicted molar refractivity (Wildman–Crippen MR) is 112 cm³/mol. The summed E-state index contributed by atoms with van der Waals surface area (Å²) >= 11 is 3.10. The van der Waals surface area contributed by atoms with Crippen LogP contribution >= 0.6 is 23.1 Å². The minimum absolute atomic E-state index is 0.0531. The second-order valence-corrected chi connectivity index (χ2v) is 8.81. The Balaban J connectivity index is 1.39. The van der Waals surface area contributed by atoms with E-state index in [2.05, 4.69) is 20.5 Å². The molecule has 0 aliphatic heterocycles. The summed E-state index contributed by atoms with van der Waals surface area (Å²) in [6, 6.07) is 10.4. The molecular formula is C20H23N5OS2. The van der Waals surface area contributed by atoms with Crippen molar-refractivity contribution in [3.63, 3.8) is 0 Å². The van der Waals surface area contributed by atoms with Crippen molar-refractivity contribution in [2.45, 2.75) is 56.0 Å². The molecule has 1 aromatic carbocycles. The van der Waals surface area contributed by atoms with Gasteiger partial charge in [0.25, 0.3) is 5.91 Å².